The van der Waals surface area contributed by atoms with Gasteiger partial charge in [0.1, 0.15) is 28.9 Å². The van der Waals surface area contributed by atoms with Crippen LogP contribution < -0.4 is 27.2 Å². The molecule has 8 unspecified atom stereocenters. The second-order valence-corrected chi connectivity index (χ2v) is 14.4. The zero-order valence-corrected chi connectivity index (χ0v) is 27.1. The SMILES string of the molecule is COC1CCC2(CC(=O)c3ccccc3NC(C)=O)C[NH+](C)[C@@H]3C4C[C@H]2C13[C@@H]1C[C@@]2(O)C(OC)CC4(O)[C@@]1(O)C2OC.[Br-]. The molecule has 1 spiro atoms. The number of carbonyl (C=O) groups is 2. The van der Waals surface area contributed by atoms with E-state index in [4.69, 9.17) is 14.2 Å². The number of methoxy groups -OCH3 is 3. The van der Waals surface area contributed by atoms with Gasteiger partial charge >= 0.3 is 0 Å². The standard InChI is InChI=1S/C32H44N2O8.BrH/c1-17(35)33-20-9-7-6-8-18(20)21(36)13-28-11-10-24(40-3)31-22(28)12-19(26(31)34(2)16-28)30(38)15-25(41-4)29(37)14-23(31)32(30,39)27(29)42-5;/h6-9,19,22-27,37-39H,10-16H2,1-5H3,(H,33,35);1H/t19?,22-,23+,24?,25?,26-,27?,28?,29-,30?,31?,32+;/m1./s1. The summed E-state index contributed by atoms with van der Waals surface area (Å²) in [5.41, 5.74) is -4.67. The number of ether oxygens (including phenoxy) is 3. The van der Waals surface area contributed by atoms with E-state index in [1.807, 2.05) is 12.1 Å². The van der Waals surface area contributed by atoms with Crippen LogP contribution in [0.15, 0.2) is 24.3 Å². The number of carbonyl (C=O) groups excluding carboxylic acids is 2. The smallest absolute Gasteiger partial charge is 0.221 e. The number of quaternary nitrogens is 1. The van der Waals surface area contributed by atoms with Crippen LogP contribution in [-0.2, 0) is 19.0 Å². The molecular weight excluding hydrogens is 620 g/mol. The predicted octanol–water partition coefficient (Wildman–Crippen LogP) is -2.80. The maximum absolute atomic E-state index is 14.2. The molecule has 1 aromatic rings. The molecule has 1 heterocycles. The van der Waals surface area contributed by atoms with Gasteiger partial charge in [-0.3, -0.25) is 9.59 Å². The van der Waals surface area contributed by atoms with Gasteiger partial charge in [-0.2, -0.15) is 0 Å². The Balaban J connectivity index is 0.00000329. The highest BCUT2D eigenvalue weighted by Gasteiger charge is 2.92. The molecule has 43 heavy (non-hydrogen) atoms. The van der Waals surface area contributed by atoms with Crippen LogP contribution in [0, 0.1) is 28.6 Å². The normalized spacial score (nSPS) is 50.1. The van der Waals surface area contributed by atoms with Gasteiger partial charge < -0.3 is 56.7 Å². The van der Waals surface area contributed by atoms with E-state index in [1.54, 1.807) is 26.4 Å². The minimum Gasteiger partial charge on any atom is -1.00 e. The van der Waals surface area contributed by atoms with Crippen molar-refractivity contribution in [1.29, 1.82) is 0 Å². The first-order chi connectivity index (χ1) is 19.9. The summed E-state index contributed by atoms with van der Waals surface area (Å²) in [6.07, 6.45) is 0.899. The average molecular weight is 666 g/mol. The molecule has 1 saturated heterocycles. The van der Waals surface area contributed by atoms with Gasteiger partial charge in [0.05, 0.1) is 36.9 Å². The summed E-state index contributed by atoms with van der Waals surface area (Å²) in [5.74, 6) is -1.07. The van der Waals surface area contributed by atoms with Gasteiger partial charge in [-0.15, -0.1) is 0 Å². The Morgan fingerprint density at radius 2 is 1.72 bits per heavy atom. The van der Waals surface area contributed by atoms with Crippen LogP contribution >= 0.6 is 0 Å². The van der Waals surface area contributed by atoms with Gasteiger partial charge in [-0.1, -0.05) is 12.1 Å². The number of rotatable bonds is 7. The number of aliphatic hydroxyl groups is 3. The lowest BCUT2D eigenvalue weighted by Crippen LogP contribution is -3.20. The third kappa shape index (κ3) is 3.54. The van der Waals surface area contributed by atoms with Crippen molar-refractivity contribution < 1.29 is 61.0 Å². The van der Waals surface area contributed by atoms with Gasteiger partial charge in [0.25, 0.3) is 0 Å². The number of halogens is 1. The summed E-state index contributed by atoms with van der Waals surface area (Å²) >= 11 is 0. The van der Waals surface area contributed by atoms with Crippen LogP contribution in [0.2, 0.25) is 0 Å². The summed E-state index contributed by atoms with van der Waals surface area (Å²) in [6, 6.07) is 7.14. The Labute approximate surface area is 263 Å². The number of Topliss-reactive ketones (excluding diaryl/α,β-unsaturated/α-hetero) is 1. The lowest BCUT2D eigenvalue weighted by atomic mass is 9.41. The maximum Gasteiger partial charge on any atom is 0.221 e. The fourth-order valence-corrected chi connectivity index (χ4v) is 12.3. The van der Waals surface area contributed by atoms with Gasteiger partial charge in [0.15, 0.2) is 5.78 Å². The van der Waals surface area contributed by atoms with E-state index in [0.29, 0.717) is 24.1 Å². The molecule has 0 aromatic heterocycles. The number of benzene rings is 1. The van der Waals surface area contributed by atoms with E-state index >= 15 is 0 Å². The number of ketones is 1. The van der Waals surface area contributed by atoms with Gasteiger partial charge in [0, 0.05) is 63.9 Å². The van der Waals surface area contributed by atoms with Crippen molar-refractivity contribution >= 4 is 17.4 Å². The van der Waals surface area contributed by atoms with E-state index in [-0.39, 0.29) is 65.5 Å². The summed E-state index contributed by atoms with van der Waals surface area (Å²) in [6.45, 7) is 2.20. The van der Waals surface area contributed by atoms with E-state index < -0.39 is 45.8 Å². The van der Waals surface area contributed by atoms with Gasteiger partial charge in [0.2, 0.25) is 5.91 Å². The van der Waals surface area contributed by atoms with Crippen LogP contribution in [0.5, 0.6) is 0 Å². The molecule has 1 aliphatic heterocycles. The van der Waals surface area contributed by atoms with Gasteiger partial charge in [-0.25, -0.2) is 0 Å². The van der Waals surface area contributed by atoms with Crippen molar-refractivity contribution in [2.45, 2.75) is 86.6 Å². The van der Waals surface area contributed by atoms with Crippen LogP contribution in [0.4, 0.5) is 5.69 Å². The Morgan fingerprint density at radius 1 is 1.02 bits per heavy atom. The Hall–Kier alpha value is -1.44. The van der Waals surface area contributed by atoms with E-state index in [1.165, 1.54) is 18.9 Å². The highest BCUT2D eigenvalue weighted by Crippen LogP contribution is 2.79. The number of anilines is 1. The molecule has 0 radical (unpaired) electrons. The molecule has 238 valence electrons. The molecule has 1 aromatic carbocycles. The first-order valence-corrected chi connectivity index (χ1v) is 15.4. The van der Waals surface area contributed by atoms with Crippen molar-refractivity contribution in [2.24, 2.45) is 28.6 Å². The van der Waals surface area contributed by atoms with Crippen molar-refractivity contribution in [2.75, 3.05) is 40.2 Å². The van der Waals surface area contributed by atoms with E-state index in [0.717, 1.165) is 19.4 Å². The number of fused-ring (bicyclic) bond motifs is 2. The third-order valence-corrected chi connectivity index (χ3v) is 13.1. The molecular formula is C32H45BrN2O8. The molecule has 5 aliphatic carbocycles. The maximum atomic E-state index is 14.2. The second-order valence-electron chi connectivity index (χ2n) is 14.4. The number of hydrogen-bond donors (Lipinski definition) is 5. The highest BCUT2D eigenvalue weighted by atomic mass is 79.9. The van der Waals surface area contributed by atoms with Crippen LogP contribution in [0.1, 0.15) is 55.8 Å². The Kier molecular flexibility index (Phi) is 7.36. The molecule has 10 nitrogen and oxygen atoms in total. The number of para-hydroxylation sites is 1. The quantitative estimate of drug-likeness (QED) is 0.197. The average Bonchev–Trinajstić information content (AvgIpc) is 3.35. The summed E-state index contributed by atoms with van der Waals surface area (Å²) in [7, 11) is 6.92. The molecule has 6 aliphatic rings. The van der Waals surface area contributed by atoms with E-state index in [2.05, 4.69) is 12.4 Å². The zero-order valence-electron chi connectivity index (χ0n) is 25.6. The van der Waals surface area contributed by atoms with Crippen molar-refractivity contribution in [1.82, 2.24) is 0 Å². The first kappa shape index (κ1) is 31.5. The molecule has 7 bridgehead atoms. The largest absolute Gasteiger partial charge is 1.00 e. The van der Waals surface area contributed by atoms with Crippen molar-refractivity contribution in [3.63, 3.8) is 0 Å². The molecule has 5 N–H and O–H groups in total. The summed E-state index contributed by atoms with van der Waals surface area (Å²) in [4.78, 5) is 27.3. The first-order valence-electron chi connectivity index (χ1n) is 15.4. The van der Waals surface area contributed by atoms with Crippen LogP contribution in [0.3, 0.4) is 0 Å². The fraction of sp³-hybridized carbons (Fsp3) is 0.750. The zero-order chi connectivity index (χ0) is 30.0. The number of amides is 1. The second kappa shape index (κ2) is 10.0. The molecule has 1 amide bonds. The molecule has 11 heteroatoms. The van der Waals surface area contributed by atoms with Crippen molar-refractivity contribution in [3.05, 3.63) is 29.8 Å². The fourth-order valence-electron chi connectivity index (χ4n) is 12.3. The Morgan fingerprint density at radius 3 is 2.37 bits per heavy atom. The Bertz CT molecular complexity index is 1330. The summed E-state index contributed by atoms with van der Waals surface area (Å²) in [5, 5.41) is 40.6. The minimum absolute atomic E-state index is 0. The number of piperidine rings is 1. The lowest BCUT2D eigenvalue weighted by Gasteiger charge is -2.69. The molecule has 13 atom stereocenters. The summed E-state index contributed by atoms with van der Waals surface area (Å²) < 4.78 is 18.1. The molecule has 7 rings (SSSR count). The monoisotopic (exact) mass is 664 g/mol. The number of hydrogen-bond acceptors (Lipinski definition) is 8. The van der Waals surface area contributed by atoms with E-state index in [9.17, 15) is 24.9 Å². The van der Waals surface area contributed by atoms with Gasteiger partial charge in [-0.05, 0) is 43.7 Å². The predicted molar refractivity (Wildman–Crippen MR) is 151 cm³/mol. The minimum atomic E-state index is -1.69. The topological polar surface area (TPSA) is 139 Å². The lowest BCUT2D eigenvalue weighted by molar-refractivity contribution is -0.937. The van der Waals surface area contributed by atoms with Crippen molar-refractivity contribution in [3.8, 4) is 0 Å². The van der Waals surface area contributed by atoms with Crippen LogP contribution in [0.25, 0.3) is 0 Å². The molecule has 6 fully saturated rings. The highest BCUT2D eigenvalue weighted by molar-refractivity contribution is 6.04. The number of likely N-dealkylation sites (tertiary alicyclic amines) is 1. The number of nitrogens with one attached hydrogen (secondary N) is 2. The third-order valence-electron chi connectivity index (χ3n) is 13.1. The molecule has 5 saturated carbocycles. The van der Waals surface area contributed by atoms with Crippen LogP contribution in [-0.4, -0.2) is 103 Å².